The first-order valence-electron chi connectivity index (χ1n) is 10.1. The number of imide groups is 1. The highest BCUT2D eigenvalue weighted by Gasteiger charge is 2.49. The van der Waals surface area contributed by atoms with Gasteiger partial charge in [-0.3, -0.25) is 9.69 Å². The molecule has 4 aromatic rings. The van der Waals surface area contributed by atoms with Gasteiger partial charge in [-0.2, -0.15) is 0 Å². The third kappa shape index (κ3) is 3.26. The van der Waals surface area contributed by atoms with Gasteiger partial charge in [-0.1, -0.05) is 36.4 Å². The summed E-state index contributed by atoms with van der Waals surface area (Å²) < 4.78 is 10.9. The number of fused-ring (bicyclic) bond motifs is 1. The lowest BCUT2D eigenvalue weighted by Gasteiger charge is -2.22. The molecule has 32 heavy (non-hydrogen) atoms. The molecule has 1 atom stereocenters. The normalized spacial score (nSPS) is 18.2. The first-order valence-corrected chi connectivity index (χ1v) is 10.1. The quantitative estimate of drug-likeness (QED) is 0.485. The lowest BCUT2D eigenvalue weighted by atomic mass is 9.90. The van der Waals surface area contributed by atoms with Gasteiger partial charge in [0, 0.05) is 5.56 Å². The van der Waals surface area contributed by atoms with Crippen LogP contribution in [0.1, 0.15) is 18.4 Å². The highest BCUT2D eigenvalue weighted by molar-refractivity contribution is 6.07. The van der Waals surface area contributed by atoms with Gasteiger partial charge in [-0.15, -0.1) is 10.2 Å². The fraction of sp³-hybridized carbons (Fsp3) is 0.167. The molecule has 2 heterocycles. The van der Waals surface area contributed by atoms with E-state index < -0.39 is 11.6 Å². The van der Waals surface area contributed by atoms with Gasteiger partial charge >= 0.3 is 6.03 Å². The van der Waals surface area contributed by atoms with E-state index in [9.17, 15) is 9.59 Å². The van der Waals surface area contributed by atoms with Crippen molar-refractivity contribution in [3.05, 3.63) is 78.2 Å². The Labute approximate surface area is 183 Å². The second-order valence-corrected chi connectivity index (χ2v) is 7.74. The molecule has 3 aromatic carbocycles. The second kappa shape index (κ2) is 7.49. The fourth-order valence-electron chi connectivity index (χ4n) is 3.85. The minimum Gasteiger partial charge on any atom is -0.497 e. The van der Waals surface area contributed by atoms with E-state index in [1.165, 1.54) is 0 Å². The predicted octanol–water partition coefficient (Wildman–Crippen LogP) is 3.87. The van der Waals surface area contributed by atoms with Gasteiger partial charge in [0.25, 0.3) is 5.91 Å². The van der Waals surface area contributed by atoms with Gasteiger partial charge in [0.05, 0.1) is 7.11 Å². The smallest absolute Gasteiger partial charge is 0.325 e. The summed E-state index contributed by atoms with van der Waals surface area (Å²) in [6.07, 6.45) is 0. The van der Waals surface area contributed by atoms with E-state index in [-0.39, 0.29) is 18.3 Å². The average molecular weight is 428 g/mol. The highest BCUT2D eigenvalue weighted by atomic mass is 16.5. The van der Waals surface area contributed by atoms with Crippen molar-refractivity contribution in [2.24, 2.45) is 0 Å². The first-order chi connectivity index (χ1) is 15.5. The maximum absolute atomic E-state index is 13.3. The summed E-state index contributed by atoms with van der Waals surface area (Å²) in [6, 6.07) is 20.1. The standard InChI is InChI=1S/C24H20N4O4/c1-24(18-10-8-17-13-19(31-2)11-9-16(17)12-18)22(29)28(23(30)25-24)14-20-26-27-21(32-20)15-6-4-3-5-7-15/h3-13H,14H2,1-2H3,(H,25,30)/t24-/m0/s1. The van der Waals surface area contributed by atoms with Crippen LogP contribution < -0.4 is 10.1 Å². The number of urea groups is 1. The van der Waals surface area contributed by atoms with Crippen LogP contribution in [0.4, 0.5) is 4.79 Å². The minimum absolute atomic E-state index is 0.106. The largest absolute Gasteiger partial charge is 0.497 e. The molecule has 160 valence electrons. The molecule has 1 aliphatic rings. The Kier molecular flexibility index (Phi) is 4.62. The molecular formula is C24H20N4O4. The molecule has 8 heteroatoms. The molecule has 0 unspecified atom stereocenters. The van der Waals surface area contributed by atoms with Gasteiger partial charge in [0.1, 0.15) is 17.8 Å². The van der Waals surface area contributed by atoms with E-state index in [2.05, 4.69) is 15.5 Å². The highest BCUT2D eigenvalue weighted by Crippen LogP contribution is 2.32. The van der Waals surface area contributed by atoms with Crippen LogP contribution in [0.3, 0.4) is 0 Å². The van der Waals surface area contributed by atoms with Gasteiger partial charge in [-0.05, 0) is 53.6 Å². The van der Waals surface area contributed by atoms with Crippen LogP contribution in [-0.2, 0) is 16.9 Å². The van der Waals surface area contributed by atoms with Crippen LogP contribution in [0.15, 0.2) is 71.1 Å². The summed E-state index contributed by atoms with van der Waals surface area (Å²) in [7, 11) is 1.62. The number of amides is 3. The third-order valence-corrected chi connectivity index (χ3v) is 5.68. The molecule has 8 nitrogen and oxygen atoms in total. The van der Waals surface area contributed by atoms with Gasteiger partial charge in [0.15, 0.2) is 0 Å². The number of hydrogen-bond acceptors (Lipinski definition) is 6. The van der Waals surface area contributed by atoms with Crippen LogP contribution in [0.2, 0.25) is 0 Å². The molecule has 0 saturated carbocycles. The minimum atomic E-state index is -1.20. The number of ether oxygens (including phenoxy) is 1. The van der Waals surface area contributed by atoms with E-state index in [4.69, 9.17) is 9.15 Å². The van der Waals surface area contributed by atoms with Crippen molar-refractivity contribution < 1.29 is 18.7 Å². The topological polar surface area (TPSA) is 97.6 Å². The molecule has 1 aromatic heterocycles. The van der Waals surface area contributed by atoms with E-state index in [0.717, 1.165) is 27.0 Å². The third-order valence-electron chi connectivity index (χ3n) is 5.68. The molecule has 1 aliphatic heterocycles. The lowest BCUT2D eigenvalue weighted by molar-refractivity contribution is -0.131. The number of aromatic nitrogens is 2. The number of nitrogens with one attached hydrogen (secondary N) is 1. The molecule has 5 rings (SSSR count). The molecule has 0 spiro atoms. The van der Waals surface area contributed by atoms with Crippen molar-refractivity contribution in [3.63, 3.8) is 0 Å². The fourth-order valence-corrected chi connectivity index (χ4v) is 3.85. The zero-order chi connectivity index (χ0) is 22.3. The summed E-state index contributed by atoms with van der Waals surface area (Å²) in [5, 5.41) is 12.8. The maximum atomic E-state index is 13.3. The van der Waals surface area contributed by atoms with Crippen LogP contribution in [0.5, 0.6) is 5.75 Å². The van der Waals surface area contributed by atoms with Crippen LogP contribution >= 0.6 is 0 Å². The van der Waals surface area contributed by atoms with Crippen molar-refractivity contribution >= 4 is 22.7 Å². The van der Waals surface area contributed by atoms with Crippen molar-refractivity contribution in [1.29, 1.82) is 0 Å². The average Bonchev–Trinajstić information content (AvgIpc) is 3.38. The summed E-state index contributed by atoms with van der Waals surface area (Å²) in [4.78, 5) is 27.1. The Bertz CT molecular complexity index is 1330. The van der Waals surface area contributed by atoms with Crippen LogP contribution in [-0.4, -0.2) is 34.1 Å². The van der Waals surface area contributed by atoms with Crippen LogP contribution in [0, 0.1) is 0 Å². The summed E-state index contributed by atoms with van der Waals surface area (Å²) >= 11 is 0. The number of rotatable bonds is 5. The molecule has 1 saturated heterocycles. The summed E-state index contributed by atoms with van der Waals surface area (Å²) in [6.45, 7) is 1.59. The second-order valence-electron chi connectivity index (χ2n) is 7.74. The summed E-state index contributed by atoms with van der Waals surface area (Å²) in [5.41, 5.74) is 0.251. The Morgan fingerprint density at radius 3 is 2.53 bits per heavy atom. The molecule has 0 radical (unpaired) electrons. The predicted molar refractivity (Wildman–Crippen MR) is 117 cm³/mol. The van der Waals surface area contributed by atoms with Crippen molar-refractivity contribution in [2.75, 3.05) is 7.11 Å². The number of nitrogens with zero attached hydrogens (tertiary/aromatic N) is 3. The Balaban J connectivity index is 1.41. The lowest BCUT2D eigenvalue weighted by Crippen LogP contribution is -2.40. The van der Waals surface area contributed by atoms with Crippen molar-refractivity contribution in [3.8, 4) is 17.2 Å². The molecule has 0 bridgehead atoms. The molecule has 1 fully saturated rings. The number of benzene rings is 3. The maximum Gasteiger partial charge on any atom is 0.325 e. The SMILES string of the molecule is COc1ccc2cc([C@]3(C)NC(=O)N(Cc4nnc(-c5ccccc5)o4)C3=O)ccc2c1. The zero-order valence-corrected chi connectivity index (χ0v) is 17.5. The first kappa shape index (κ1) is 19.7. The van der Waals surface area contributed by atoms with Gasteiger partial charge in [-0.25, -0.2) is 4.79 Å². The molecule has 3 amide bonds. The van der Waals surface area contributed by atoms with Gasteiger partial charge < -0.3 is 14.5 Å². The van der Waals surface area contributed by atoms with E-state index >= 15 is 0 Å². The zero-order valence-electron chi connectivity index (χ0n) is 17.5. The van der Waals surface area contributed by atoms with Gasteiger partial charge in [0.2, 0.25) is 11.8 Å². The van der Waals surface area contributed by atoms with Crippen molar-refractivity contribution in [1.82, 2.24) is 20.4 Å². The van der Waals surface area contributed by atoms with Crippen molar-refractivity contribution in [2.45, 2.75) is 19.0 Å². The van der Waals surface area contributed by atoms with E-state index in [1.807, 2.05) is 66.7 Å². The summed E-state index contributed by atoms with van der Waals surface area (Å²) in [5.74, 6) is 0.889. The Morgan fingerprint density at radius 2 is 1.75 bits per heavy atom. The Morgan fingerprint density at radius 1 is 1.00 bits per heavy atom. The molecule has 0 aliphatic carbocycles. The van der Waals surface area contributed by atoms with E-state index in [0.29, 0.717) is 11.5 Å². The monoisotopic (exact) mass is 428 g/mol. The number of hydrogen-bond donors (Lipinski definition) is 1. The molecule has 1 N–H and O–H groups in total. The number of carbonyl (C=O) groups excluding carboxylic acids is 2. The van der Waals surface area contributed by atoms with E-state index in [1.54, 1.807) is 14.0 Å². The molecular weight excluding hydrogens is 408 g/mol. The Hall–Kier alpha value is -4.20. The number of methoxy groups -OCH3 is 1. The number of carbonyl (C=O) groups is 2. The van der Waals surface area contributed by atoms with Crippen LogP contribution in [0.25, 0.3) is 22.2 Å².